The highest BCUT2D eigenvalue weighted by Crippen LogP contribution is 2.20. The first-order valence-electron chi connectivity index (χ1n) is 6.10. The highest BCUT2D eigenvalue weighted by molar-refractivity contribution is 5.63. The van der Waals surface area contributed by atoms with Crippen molar-refractivity contribution in [3.05, 3.63) is 48.2 Å². The van der Waals surface area contributed by atoms with E-state index in [9.17, 15) is 0 Å². The Balaban J connectivity index is 2.14. The van der Waals surface area contributed by atoms with E-state index >= 15 is 0 Å². The summed E-state index contributed by atoms with van der Waals surface area (Å²) in [5.41, 5.74) is 9.28. The van der Waals surface area contributed by atoms with Gasteiger partial charge in [-0.15, -0.1) is 0 Å². The normalized spacial score (nSPS) is 10.4. The number of nitrogen functional groups attached to an aromatic ring is 1. The molecular weight excluding hydrogens is 208 g/mol. The van der Waals surface area contributed by atoms with Crippen molar-refractivity contribution in [2.24, 2.45) is 0 Å². The standard InChI is InChI=1S/C15H18N2/c1-2-3-4-12-5-7-13(8-6-12)14-9-10-15(16)17-11-14/h5-11H,2-4H2,1H3,(H2,16,17). The molecule has 0 atom stereocenters. The number of nitrogens with two attached hydrogens (primary N) is 1. The van der Waals surface area contributed by atoms with Crippen LogP contribution in [0.4, 0.5) is 5.82 Å². The van der Waals surface area contributed by atoms with Gasteiger partial charge in [0.25, 0.3) is 0 Å². The Kier molecular flexibility index (Phi) is 3.76. The number of anilines is 1. The molecule has 2 rings (SSSR count). The van der Waals surface area contributed by atoms with Crippen LogP contribution in [0.3, 0.4) is 0 Å². The zero-order chi connectivity index (χ0) is 12.1. The van der Waals surface area contributed by atoms with Crippen LogP contribution in [0.1, 0.15) is 25.3 Å². The Morgan fingerprint density at radius 3 is 2.29 bits per heavy atom. The minimum atomic E-state index is 0.563. The first kappa shape index (κ1) is 11.6. The fourth-order valence-corrected chi connectivity index (χ4v) is 1.82. The summed E-state index contributed by atoms with van der Waals surface area (Å²) in [5, 5.41) is 0. The fourth-order valence-electron chi connectivity index (χ4n) is 1.82. The maximum Gasteiger partial charge on any atom is 0.123 e. The van der Waals surface area contributed by atoms with E-state index in [0.29, 0.717) is 5.82 Å². The lowest BCUT2D eigenvalue weighted by molar-refractivity contribution is 0.795. The summed E-state index contributed by atoms with van der Waals surface area (Å²) < 4.78 is 0. The van der Waals surface area contributed by atoms with Gasteiger partial charge in [-0.05, 0) is 36.1 Å². The molecule has 0 unspecified atom stereocenters. The van der Waals surface area contributed by atoms with Crippen LogP contribution in [-0.4, -0.2) is 4.98 Å². The molecule has 1 heterocycles. The van der Waals surface area contributed by atoms with E-state index in [-0.39, 0.29) is 0 Å². The van der Waals surface area contributed by atoms with Gasteiger partial charge < -0.3 is 5.73 Å². The maximum atomic E-state index is 5.57. The van der Waals surface area contributed by atoms with Gasteiger partial charge >= 0.3 is 0 Å². The Bertz CT molecular complexity index is 457. The highest BCUT2D eigenvalue weighted by atomic mass is 14.8. The average Bonchev–Trinajstić information content (AvgIpc) is 2.38. The first-order chi connectivity index (χ1) is 8.29. The molecule has 0 saturated carbocycles. The van der Waals surface area contributed by atoms with Crippen LogP contribution >= 0.6 is 0 Å². The second-order valence-electron chi connectivity index (χ2n) is 4.27. The Morgan fingerprint density at radius 1 is 1.00 bits per heavy atom. The summed E-state index contributed by atoms with van der Waals surface area (Å²) in [4.78, 5) is 4.11. The van der Waals surface area contributed by atoms with Crippen LogP contribution in [0.5, 0.6) is 0 Å². The van der Waals surface area contributed by atoms with E-state index in [0.717, 1.165) is 12.0 Å². The molecule has 2 aromatic rings. The number of rotatable bonds is 4. The zero-order valence-corrected chi connectivity index (χ0v) is 10.2. The molecule has 0 fully saturated rings. The van der Waals surface area contributed by atoms with Gasteiger partial charge in [0, 0.05) is 11.8 Å². The molecule has 0 spiro atoms. The number of aromatic nitrogens is 1. The summed E-state index contributed by atoms with van der Waals surface area (Å²) in [6, 6.07) is 12.5. The fraction of sp³-hybridized carbons (Fsp3) is 0.267. The van der Waals surface area contributed by atoms with Crippen molar-refractivity contribution in [3.63, 3.8) is 0 Å². The van der Waals surface area contributed by atoms with Crippen LogP contribution in [0.2, 0.25) is 0 Å². The van der Waals surface area contributed by atoms with Crippen LogP contribution in [0.15, 0.2) is 42.6 Å². The van der Waals surface area contributed by atoms with Crippen LogP contribution < -0.4 is 5.73 Å². The van der Waals surface area contributed by atoms with E-state index in [2.05, 4.69) is 36.2 Å². The Morgan fingerprint density at radius 2 is 1.71 bits per heavy atom. The SMILES string of the molecule is CCCCc1ccc(-c2ccc(N)nc2)cc1. The summed E-state index contributed by atoms with van der Waals surface area (Å²) in [7, 11) is 0. The lowest BCUT2D eigenvalue weighted by atomic mass is 10.0. The summed E-state index contributed by atoms with van der Waals surface area (Å²) in [6.45, 7) is 2.22. The van der Waals surface area contributed by atoms with Crippen molar-refractivity contribution in [1.29, 1.82) is 0 Å². The smallest absolute Gasteiger partial charge is 0.123 e. The van der Waals surface area contributed by atoms with Gasteiger partial charge in [0.2, 0.25) is 0 Å². The summed E-state index contributed by atoms with van der Waals surface area (Å²) in [5.74, 6) is 0.563. The van der Waals surface area contributed by atoms with Gasteiger partial charge in [0.1, 0.15) is 5.82 Å². The van der Waals surface area contributed by atoms with Gasteiger partial charge in [-0.1, -0.05) is 37.6 Å². The third-order valence-electron chi connectivity index (χ3n) is 2.89. The van der Waals surface area contributed by atoms with Crippen molar-refractivity contribution in [2.75, 3.05) is 5.73 Å². The monoisotopic (exact) mass is 226 g/mol. The Labute approximate surface area is 103 Å². The molecule has 1 aromatic carbocycles. The number of unbranched alkanes of at least 4 members (excludes halogenated alkanes) is 1. The number of aryl methyl sites for hydroxylation is 1. The van der Waals surface area contributed by atoms with Crippen LogP contribution in [0.25, 0.3) is 11.1 Å². The highest BCUT2D eigenvalue weighted by Gasteiger charge is 1.98. The van der Waals surface area contributed by atoms with E-state index < -0.39 is 0 Å². The topological polar surface area (TPSA) is 38.9 Å². The molecule has 1 aromatic heterocycles. The van der Waals surface area contributed by atoms with E-state index in [1.165, 1.54) is 24.0 Å². The minimum absolute atomic E-state index is 0.563. The Hall–Kier alpha value is -1.83. The van der Waals surface area contributed by atoms with Crippen molar-refractivity contribution < 1.29 is 0 Å². The lowest BCUT2D eigenvalue weighted by Crippen LogP contribution is -1.89. The largest absolute Gasteiger partial charge is 0.384 e. The molecule has 88 valence electrons. The van der Waals surface area contributed by atoms with Crippen LogP contribution in [0, 0.1) is 0 Å². The molecule has 0 amide bonds. The molecule has 2 N–H and O–H groups in total. The van der Waals surface area contributed by atoms with Crippen molar-refractivity contribution >= 4 is 5.82 Å². The van der Waals surface area contributed by atoms with Crippen molar-refractivity contribution in [1.82, 2.24) is 4.98 Å². The zero-order valence-electron chi connectivity index (χ0n) is 10.2. The van der Waals surface area contributed by atoms with Gasteiger partial charge in [-0.25, -0.2) is 4.98 Å². The molecule has 0 saturated heterocycles. The number of nitrogens with zero attached hydrogens (tertiary/aromatic N) is 1. The predicted molar refractivity (Wildman–Crippen MR) is 72.7 cm³/mol. The second kappa shape index (κ2) is 5.48. The summed E-state index contributed by atoms with van der Waals surface area (Å²) in [6.07, 6.45) is 5.47. The van der Waals surface area contributed by atoms with E-state index in [1.54, 1.807) is 0 Å². The number of hydrogen-bond donors (Lipinski definition) is 1. The predicted octanol–water partition coefficient (Wildman–Crippen LogP) is 3.67. The molecule has 0 aliphatic carbocycles. The van der Waals surface area contributed by atoms with Gasteiger partial charge in [0.15, 0.2) is 0 Å². The van der Waals surface area contributed by atoms with Gasteiger partial charge in [-0.2, -0.15) is 0 Å². The molecule has 0 aliphatic rings. The quantitative estimate of drug-likeness (QED) is 0.863. The third-order valence-corrected chi connectivity index (χ3v) is 2.89. The molecule has 0 radical (unpaired) electrons. The van der Waals surface area contributed by atoms with E-state index in [4.69, 9.17) is 5.73 Å². The van der Waals surface area contributed by atoms with Crippen molar-refractivity contribution in [2.45, 2.75) is 26.2 Å². The second-order valence-corrected chi connectivity index (χ2v) is 4.27. The average molecular weight is 226 g/mol. The van der Waals surface area contributed by atoms with E-state index in [1.807, 2.05) is 18.3 Å². The molecule has 0 bridgehead atoms. The number of benzene rings is 1. The molecular formula is C15H18N2. The minimum Gasteiger partial charge on any atom is -0.384 e. The molecule has 17 heavy (non-hydrogen) atoms. The number of pyridine rings is 1. The van der Waals surface area contributed by atoms with Crippen molar-refractivity contribution in [3.8, 4) is 11.1 Å². The summed E-state index contributed by atoms with van der Waals surface area (Å²) >= 11 is 0. The van der Waals surface area contributed by atoms with Gasteiger partial charge in [-0.3, -0.25) is 0 Å². The molecule has 0 aliphatic heterocycles. The van der Waals surface area contributed by atoms with Crippen LogP contribution in [-0.2, 0) is 6.42 Å². The van der Waals surface area contributed by atoms with Gasteiger partial charge in [0.05, 0.1) is 0 Å². The molecule has 2 heteroatoms. The maximum absolute atomic E-state index is 5.57. The third kappa shape index (κ3) is 3.06. The number of hydrogen-bond acceptors (Lipinski definition) is 2. The first-order valence-corrected chi connectivity index (χ1v) is 6.10. The lowest BCUT2D eigenvalue weighted by Gasteiger charge is -2.04. The molecule has 2 nitrogen and oxygen atoms in total.